The van der Waals surface area contributed by atoms with Gasteiger partial charge in [0.05, 0.1) is 0 Å². The number of benzene rings is 1. The first-order chi connectivity index (χ1) is 6.83. The molecule has 0 aliphatic heterocycles. The van der Waals surface area contributed by atoms with Gasteiger partial charge in [0, 0.05) is 17.1 Å². The molecule has 1 N–H and O–H groups in total. The molecule has 0 saturated heterocycles. The van der Waals surface area contributed by atoms with Crippen LogP contribution in [0.1, 0.15) is 36.4 Å². The summed E-state index contributed by atoms with van der Waals surface area (Å²) < 4.78 is 0. The van der Waals surface area contributed by atoms with E-state index in [1.165, 1.54) is 36.8 Å². The van der Waals surface area contributed by atoms with E-state index >= 15 is 0 Å². The third kappa shape index (κ3) is 1.55. The molecule has 1 atom stereocenters. The fourth-order valence-corrected chi connectivity index (χ4v) is 2.49. The van der Waals surface area contributed by atoms with E-state index in [0.717, 1.165) is 11.1 Å². The molecule has 0 amide bonds. The van der Waals surface area contributed by atoms with Crippen LogP contribution in [-0.2, 0) is 6.42 Å². The van der Waals surface area contributed by atoms with E-state index in [9.17, 15) is 0 Å². The zero-order valence-electron chi connectivity index (χ0n) is 8.09. The number of halogens is 1. The Balaban J connectivity index is 1.85. The summed E-state index contributed by atoms with van der Waals surface area (Å²) in [6.07, 6.45) is 5.14. The molecule has 3 rings (SSSR count). The summed E-state index contributed by atoms with van der Waals surface area (Å²) in [5.41, 5.74) is 2.91. The van der Waals surface area contributed by atoms with E-state index in [2.05, 4.69) is 17.4 Å². The summed E-state index contributed by atoms with van der Waals surface area (Å²) in [7, 11) is 0. The monoisotopic (exact) mass is 207 g/mol. The van der Waals surface area contributed by atoms with Gasteiger partial charge in [0.15, 0.2) is 0 Å². The molecule has 1 nitrogen and oxygen atoms in total. The van der Waals surface area contributed by atoms with Gasteiger partial charge < -0.3 is 5.32 Å². The van der Waals surface area contributed by atoms with Crippen LogP contribution in [0.4, 0.5) is 0 Å². The quantitative estimate of drug-likeness (QED) is 0.786. The lowest BCUT2D eigenvalue weighted by Crippen LogP contribution is -2.21. The number of rotatable bonds is 2. The van der Waals surface area contributed by atoms with Gasteiger partial charge >= 0.3 is 0 Å². The molecule has 0 spiro atoms. The summed E-state index contributed by atoms with van der Waals surface area (Å²) in [5, 5.41) is 4.56. The van der Waals surface area contributed by atoms with Crippen molar-refractivity contribution in [2.24, 2.45) is 0 Å². The normalized spacial score (nSPS) is 25.1. The summed E-state index contributed by atoms with van der Waals surface area (Å²) in [5.74, 6) is 0. The smallest absolute Gasteiger partial charge is 0.0408 e. The molecule has 1 aromatic carbocycles. The third-order valence-electron chi connectivity index (χ3n) is 3.20. The minimum Gasteiger partial charge on any atom is -0.307 e. The number of fused-ring (bicyclic) bond motifs is 1. The highest BCUT2D eigenvalue weighted by molar-refractivity contribution is 6.30. The van der Waals surface area contributed by atoms with Crippen LogP contribution in [0.25, 0.3) is 0 Å². The minimum atomic E-state index is 0.592. The Labute approximate surface area is 89.5 Å². The van der Waals surface area contributed by atoms with E-state index in [4.69, 9.17) is 11.6 Å². The number of aryl methyl sites for hydroxylation is 1. The summed E-state index contributed by atoms with van der Waals surface area (Å²) in [6, 6.07) is 7.69. The molecule has 0 heterocycles. The van der Waals surface area contributed by atoms with Gasteiger partial charge in [-0.2, -0.15) is 0 Å². The standard InChI is InChI=1S/C12H14ClN/c13-9-2-5-11-8(7-9)1-6-12(11)14-10-3-4-10/h2,5,7,10,12,14H,1,3-4,6H2. The van der Waals surface area contributed by atoms with Crippen molar-refractivity contribution in [3.63, 3.8) is 0 Å². The molecule has 1 saturated carbocycles. The van der Waals surface area contributed by atoms with Gasteiger partial charge in [0.2, 0.25) is 0 Å². The zero-order chi connectivity index (χ0) is 9.54. The predicted octanol–water partition coefficient (Wildman–Crippen LogP) is 3.08. The van der Waals surface area contributed by atoms with E-state index in [1.807, 2.05) is 6.07 Å². The lowest BCUT2D eigenvalue weighted by atomic mass is 10.1. The lowest BCUT2D eigenvalue weighted by molar-refractivity contribution is 0.527. The van der Waals surface area contributed by atoms with Crippen LogP contribution in [0.15, 0.2) is 18.2 Å². The fourth-order valence-electron chi connectivity index (χ4n) is 2.29. The highest BCUT2D eigenvalue weighted by atomic mass is 35.5. The van der Waals surface area contributed by atoms with Crippen LogP contribution in [-0.4, -0.2) is 6.04 Å². The van der Waals surface area contributed by atoms with Crippen LogP contribution in [0.5, 0.6) is 0 Å². The SMILES string of the molecule is Clc1ccc2c(c1)CCC2NC1CC1. The van der Waals surface area contributed by atoms with Crippen molar-refractivity contribution in [1.29, 1.82) is 0 Å². The molecule has 1 unspecified atom stereocenters. The Hall–Kier alpha value is -0.530. The second-order valence-electron chi connectivity index (χ2n) is 4.38. The highest BCUT2D eigenvalue weighted by Gasteiger charge is 2.29. The van der Waals surface area contributed by atoms with Crippen molar-refractivity contribution in [3.8, 4) is 0 Å². The van der Waals surface area contributed by atoms with Gasteiger partial charge in [-0.25, -0.2) is 0 Å². The van der Waals surface area contributed by atoms with Crippen LogP contribution in [0.2, 0.25) is 5.02 Å². The number of hydrogen-bond acceptors (Lipinski definition) is 1. The maximum absolute atomic E-state index is 5.97. The van der Waals surface area contributed by atoms with Crippen LogP contribution in [0, 0.1) is 0 Å². The Morgan fingerprint density at radius 3 is 2.86 bits per heavy atom. The Morgan fingerprint density at radius 1 is 1.21 bits per heavy atom. The second-order valence-corrected chi connectivity index (χ2v) is 4.81. The summed E-state index contributed by atoms with van der Waals surface area (Å²) in [4.78, 5) is 0. The van der Waals surface area contributed by atoms with E-state index in [1.54, 1.807) is 0 Å². The second kappa shape index (κ2) is 3.25. The van der Waals surface area contributed by atoms with Gasteiger partial charge in [-0.15, -0.1) is 0 Å². The summed E-state index contributed by atoms with van der Waals surface area (Å²) in [6.45, 7) is 0. The Bertz CT molecular complexity index is 357. The van der Waals surface area contributed by atoms with Crippen LogP contribution >= 0.6 is 11.6 Å². The molecule has 74 valence electrons. The molecule has 2 aliphatic carbocycles. The van der Waals surface area contributed by atoms with Crippen molar-refractivity contribution in [3.05, 3.63) is 34.3 Å². The molecule has 1 fully saturated rings. The van der Waals surface area contributed by atoms with Gasteiger partial charge in [-0.05, 0) is 48.9 Å². The molecule has 14 heavy (non-hydrogen) atoms. The molecular weight excluding hydrogens is 194 g/mol. The number of hydrogen-bond donors (Lipinski definition) is 1. The molecule has 0 bridgehead atoms. The fraction of sp³-hybridized carbons (Fsp3) is 0.500. The molecule has 2 heteroatoms. The zero-order valence-corrected chi connectivity index (χ0v) is 8.85. The third-order valence-corrected chi connectivity index (χ3v) is 3.43. The topological polar surface area (TPSA) is 12.0 Å². The molecule has 1 aromatic rings. The van der Waals surface area contributed by atoms with Gasteiger partial charge in [-0.3, -0.25) is 0 Å². The average molecular weight is 208 g/mol. The number of nitrogens with one attached hydrogen (secondary N) is 1. The van der Waals surface area contributed by atoms with E-state index in [0.29, 0.717) is 6.04 Å². The van der Waals surface area contributed by atoms with E-state index < -0.39 is 0 Å². The van der Waals surface area contributed by atoms with Crippen molar-refractivity contribution in [1.82, 2.24) is 5.32 Å². The molecule has 0 radical (unpaired) electrons. The first kappa shape index (κ1) is 8.75. The predicted molar refractivity (Wildman–Crippen MR) is 58.7 cm³/mol. The van der Waals surface area contributed by atoms with Crippen LogP contribution in [0.3, 0.4) is 0 Å². The van der Waals surface area contributed by atoms with Crippen molar-refractivity contribution >= 4 is 11.6 Å². The first-order valence-corrected chi connectivity index (χ1v) is 5.75. The van der Waals surface area contributed by atoms with Crippen LogP contribution < -0.4 is 5.32 Å². The highest BCUT2D eigenvalue weighted by Crippen LogP contribution is 2.35. The average Bonchev–Trinajstić information content (AvgIpc) is 2.89. The molecule has 2 aliphatic rings. The van der Waals surface area contributed by atoms with Crippen molar-refractivity contribution in [2.45, 2.75) is 37.8 Å². The van der Waals surface area contributed by atoms with Gasteiger partial charge in [0.25, 0.3) is 0 Å². The maximum Gasteiger partial charge on any atom is 0.0408 e. The Morgan fingerprint density at radius 2 is 2.07 bits per heavy atom. The summed E-state index contributed by atoms with van der Waals surface area (Å²) >= 11 is 5.97. The van der Waals surface area contributed by atoms with Crippen molar-refractivity contribution in [2.75, 3.05) is 0 Å². The maximum atomic E-state index is 5.97. The van der Waals surface area contributed by atoms with Crippen molar-refractivity contribution < 1.29 is 0 Å². The van der Waals surface area contributed by atoms with E-state index in [-0.39, 0.29) is 0 Å². The molecular formula is C12H14ClN. The Kier molecular flexibility index (Phi) is 2.03. The lowest BCUT2D eigenvalue weighted by Gasteiger charge is -2.12. The van der Waals surface area contributed by atoms with Gasteiger partial charge in [-0.1, -0.05) is 17.7 Å². The first-order valence-electron chi connectivity index (χ1n) is 5.37. The molecule has 0 aromatic heterocycles. The minimum absolute atomic E-state index is 0.592. The van der Waals surface area contributed by atoms with Gasteiger partial charge in [0.1, 0.15) is 0 Å². The largest absolute Gasteiger partial charge is 0.307 e.